The van der Waals surface area contributed by atoms with Crippen molar-refractivity contribution in [2.75, 3.05) is 41.4 Å². The van der Waals surface area contributed by atoms with Gasteiger partial charge in [0.15, 0.2) is 0 Å². The van der Waals surface area contributed by atoms with E-state index >= 15 is 0 Å². The lowest BCUT2D eigenvalue weighted by Crippen LogP contribution is -2.49. The van der Waals surface area contributed by atoms with Crippen LogP contribution in [0.2, 0.25) is 0 Å². The van der Waals surface area contributed by atoms with Crippen LogP contribution in [0, 0.1) is 11.7 Å². The molecule has 0 saturated heterocycles. The molecular formula is C30H41FN4O4. The first-order chi connectivity index (χ1) is 18.7. The summed E-state index contributed by atoms with van der Waals surface area (Å²) in [6.45, 7) is 5.91. The van der Waals surface area contributed by atoms with E-state index in [1.807, 2.05) is 18.2 Å². The Labute approximate surface area is 230 Å². The molecule has 9 heteroatoms. The van der Waals surface area contributed by atoms with Crippen LogP contribution in [-0.4, -0.2) is 68.0 Å². The summed E-state index contributed by atoms with van der Waals surface area (Å²) in [5.41, 5.74) is 3.03. The lowest BCUT2D eigenvalue weighted by Gasteiger charge is -2.47. The van der Waals surface area contributed by atoms with E-state index in [-0.39, 0.29) is 17.7 Å². The summed E-state index contributed by atoms with van der Waals surface area (Å²) in [4.78, 5) is 22.9. The molecule has 1 amide bonds. The van der Waals surface area contributed by atoms with E-state index in [1.165, 1.54) is 6.07 Å². The number of hydrogen-bond donors (Lipinski definition) is 2. The average molecular weight is 541 g/mol. The van der Waals surface area contributed by atoms with Gasteiger partial charge < -0.3 is 29.4 Å². The third-order valence-electron chi connectivity index (χ3n) is 7.92. The second-order valence-electron chi connectivity index (χ2n) is 10.8. The lowest BCUT2D eigenvalue weighted by atomic mass is 9.65. The Morgan fingerprint density at radius 1 is 1.21 bits per heavy atom. The summed E-state index contributed by atoms with van der Waals surface area (Å²) >= 11 is 0. The number of aryl methyl sites for hydroxylation is 2. The van der Waals surface area contributed by atoms with Crippen molar-refractivity contribution in [1.82, 2.24) is 20.2 Å². The highest BCUT2D eigenvalue weighted by Crippen LogP contribution is 2.48. The van der Waals surface area contributed by atoms with E-state index in [4.69, 9.17) is 19.2 Å². The molecule has 3 aromatic rings. The first-order valence-electron chi connectivity index (χ1n) is 13.7. The van der Waals surface area contributed by atoms with Crippen LogP contribution in [-0.2, 0) is 17.6 Å². The zero-order chi connectivity index (χ0) is 28.2. The number of ether oxygens (including phenoxy) is 3. The molecule has 2 atom stereocenters. The van der Waals surface area contributed by atoms with Gasteiger partial charge in [0.2, 0.25) is 0 Å². The quantitative estimate of drug-likeness (QED) is 0.336. The van der Waals surface area contributed by atoms with Gasteiger partial charge in [0.05, 0.1) is 14.2 Å². The Hall–Kier alpha value is -3.33. The maximum absolute atomic E-state index is 14.0. The number of methoxy groups -OCH3 is 2. The van der Waals surface area contributed by atoms with Crippen molar-refractivity contribution in [3.8, 4) is 11.5 Å². The van der Waals surface area contributed by atoms with Gasteiger partial charge in [0.25, 0.3) is 0 Å². The molecule has 0 fully saturated rings. The van der Waals surface area contributed by atoms with Crippen molar-refractivity contribution in [2.45, 2.75) is 57.5 Å². The van der Waals surface area contributed by atoms with Gasteiger partial charge in [-0.25, -0.2) is 14.2 Å². The number of aromatic amines is 1. The first kappa shape index (κ1) is 28.7. The Morgan fingerprint density at radius 3 is 2.64 bits per heavy atom. The van der Waals surface area contributed by atoms with Crippen LogP contribution in [0.3, 0.4) is 0 Å². The van der Waals surface area contributed by atoms with Crippen LogP contribution in [0.4, 0.5) is 9.18 Å². The number of halogens is 1. The van der Waals surface area contributed by atoms with E-state index in [2.05, 4.69) is 36.1 Å². The fourth-order valence-corrected chi connectivity index (χ4v) is 6.08. The predicted octanol–water partition coefficient (Wildman–Crippen LogP) is 5.45. The number of carbonyl (C=O) groups is 1. The molecule has 1 aliphatic carbocycles. The largest absolute Gasteiger partial charge is 0.494 e. The number of imidazole rings is 1. The number of alkyl carbamates (subject to hydrolysis) is 1. The third-order valence-corrected chi connectivity index (χ3v) is 7.92. The molecular weight excluding hydrogens is 499 g/mol. The molecule has 2 aromatic carbocycles. The molecule has 1 aliphatic rings. The van der Waals surface area contributed by atoms with Gasteiger partial charge in [0, 0.05) is 32.4 Å². The summed E-state index contributed by atoms with van der Waals surface area (Å²) < 4.78 is 31.1. The number of fused-ring (bicyclic) bond motifs is 2. The molecule has 8 nitrogen and oxygen atoms in total. The molecule has 0 saturated carbocycles. The fourth-order valence-electron chi connectivity index (χ4n) is 6.08. The van der Waals surface area contributed by atoms with Gasteiger partial charge in [-0.1, -0.05) is 19.9 Å². The van der Waals surface area contributed by atoms with Crippen LogP contribution in [0.1, 0.15) is 56.0 Å². The minimum Gasteiger partial charge on any atom is -0.494 e. The normalized spacial score (nSPS) is 18.8. The summed E-state index contributed by atoms with van der Waals surface area (Å²) in [7, 11) is 6.96. The molecule has 0 radical (unpaired) electrons. The van der Waals surface area contributed by atoms with Crippen LogP contribution in [0.25, 0.3) is 11.0 Å². The van der Waals surface area contributed by atoms with E-state index < -0.39 is 11.7 Å². The predicted molar refractivity (Wildman–Crippen MR) is 150 cm³/mol. The molecule has 0 spiro atoms. The molecule has 1 heterocycles. The van der Waals surface area contributed by atoms with Crippen LogP contribution in [0.15, 0.2) is 30.3 Å². The van der Waals surface area contributed by atoms with Gasteiger partial charge in [-0.05, 0) is 74.2 Å². The standard InChI is InChI=1S/C30H41FN4O4/c1-19(2)26-22-10-9-21(31)18-20(22)13-14-30(26,39-29(36)32-3)15-17-35(4)16-7-8-25-33-27-23(37-5)11-12-24(38-6)28(27)34-25/h9-12,18-19,26H,7-8,13-17H2,1-6H3,(H,32,36)(H,33,34)/t26?,30-/m0/s1. The Kier molecular flexibility index (Phi) is 9.00. The monoisotopic (exact) mass is 540 g/mol. The second-order valence-corrected chi connectivity index (χ2v) is 10.8. The Bertz CT molecular complexity index is 1250. The van der Waals surface area contributed by atoms with Crippen molar-refractivity contribution in [2.24, 2.45) is 5.92 Å². The van der Waals surface area contributed by atoms with Crippen LogP contribution >= 0.6 is 0 Å². The fraction of sp³-hybridized carbons (Fsp3) is 0.533. The number of H-pyrrole nitrogens is 1. The molecule has 212 valence electrons. The Balaban J connectivity index is 1.44. The summed E-state index contributed by atoms with van der Waals surface area (Å²) in [6, 6.07) is 8.75. The number of nitrogens with one attached hydrogen (secondary N) is 2. The van der Waals surface area contributed by atoms with Crippen molar-refractivity contribution in [3.63, 3.8) is 0 Å². The number of aromatic nitrogens is 2. The molecule has 39 heavy (non-hydrogen) atoms. The third kappa shape index (κ3) is 6.13. The van der Waals surface area contributed by atoms with Crippen LogP contribution in [0.5, 0.6) is 11.5 Å². The highest BCUT2D eigenvalue weighted by molar-refractivity contribution is 5.87. The number of benzene rings is 2. The molecule has 0 bridgehead atoms. The first-order valence-corrected chi connectivity index (χ1v) is 13.7. The molecule has 0 aliphatic heterocycles. The summed E-state index contributed by atoms with van der Waals surface area (Å²) in [6.07, 6.45) is 3.28. The lowest BCUT2D eigenvalue weighted by molar-refractivity contribution is -0.0435. The number of hydrogen-bond acceptors (Lipinski definition) is 6. The van der Waals surface area contributed by atoms with Crippen molar-refractivity contribution >= 4 is 17.1 Å². The maximum atomic E-state index is 14.0. The number of rotatable bonds is 11. The summed E-state index contributed by atoms with van der Waals surface area (Å²) in [5.74, 6) is 2.30. The highest BCUT2D eigenvalue weighted by Gasteiger charge is 2.47. The SMILES string of the molecule is CNC(=O)O[C@]1(CCN(C)CCCc2nc3c(OC)ccc(OC)c3[nH]2)CCc2cc(F)ccc2C1C(C)C. The zero-order valence-electron chi connectivity index (χ0n) is 23.9. The zero-order valence-corrected chi connectivity index (χ0v) is 23.9. The van der Waals surface area contributed by atoms with Gasteiger partial charge in [-0.3, -0.25) is 0 Å². The maximum Gasteiger partial charge on any atom is 0.407 e. The van der Waals surface area contributed by atoms with Gasteiger partial charge >= 0.3 is 6.09 Å². The molecule has 2 N–H and O–H groups in total. The smallest absolute Gasteiger partial charge is 0.407 e. The van der Waals surface area contributed by atoms with Crippen molar-refractivity contribution in [3.05, 3.63) is 53.1 Å². The van der Waals surface area contributed by atoms with Gasteiger partial charge in [-0.15, -0.1) is 0 Å². The van der Waals surface area contributed by atoms with E-state index in [9.17, 15) is 9.18 Å². The summed E-state index contributed by atoms with van der Waals surface area (Å²) in [5, 5.41) is 2.63. The Morgan fingerprint density at radius 2 is 1.95 bits per heavy atom. The average Bonchev–Trinajstić information content (AvgIpc) is 3.35. The highest BCUT2D eigenvalue weighted by atomic mass is 19.1. The molecule has 1 unspecified atom stereocenters. The van der Waals surface area contributed by atoms with E-state index in [1.54, 1.807) is 27.3 Å². The second kappa shape index (κ2) is 12.2. The van der Waals surface area contributed by atoms with Crippen molar-refractivity contribution in [1.29, 1.82) is 0 Å². The van der Waals surface area contributed by atoms with Gasteiger partial charge in [0.1, 0.15) is 39.8 Å². The number of carbonyl (C=O) groups excluding carboxylic acids is 1. The minimum absolute atomic E-state index is 0.0203. The van der Waals surface area contributed by atoms with Crippen LogP contribution < -0.4 is 14.8 Å². The van der Waals surface area contributed by atoms with Gasteiger partial charge in [-0.2, -0.15) is 0 Å². The topological polar surface area (TPSA) is 88.7 Å². The van der Waals surface area contributed by atoms with Crippen molar-refractivity contribution < 1.29 is 23.4 Å². The number of amides is 1. The van der Waals surface area contributed by atoms with E-state index in [0.717, 1.165) is 59.7 Å². The number of nitrogens with zero attached hydrogens (tertiary/aromatic N) is 2. The van der Waals surface area contributed by atoms with E-state index in [0.29, 0.717) is 25.0 Å². The molecule has 4 rings (SSSR count). The molecule has 1 aromatic heterocycles. The minimum atomic E-state index is -0.667.